The van der Waals surface area contributed by atoms with Crippen LogP contribution in [0.5, 0.6) is 0 Å². The first-order valence-corrected chi connectivity index (χ1v) is 7.60. The van der Waals surface area contributed by atoms with Gasteiger partial charge in [-0.15, -0.1) is 0 Å². The number of carbonyl (C=O) groups is 2. The number of ether oxygens (including phenoxy) is 1. The minimum absolute atomic E-state index is 0.0131. The third-order valence-corrected chi connectivity index (χ3v) is 3.60. The number of hydrogen-bond donors (Lipinski definition) is 1. The third kappa shape index (κ3) is 3.60. The van der Waals surface area contributed by atoms with E-state index in [1.165, 1.54) is 12.3 Å². The van der Waals surface area contributed by atoms with Gasteiger partial charge in [-0.05, 0) is 43.3 Å². The van der Waals surface area contributed by atoms with Gasteiger partial charge in [-0.3, -0.25) is 4.79 Å². The van der Waals surface area contributed by atoms with Crippen molar-refractivity contribution in [2.45, 2.75) is 13.0 Å². The molecule has 0 saturated carbocycles. The minimum Gasteiger partial charge on any atom is -0.467 e. The summed E-state index contributed by atoms with van der Waals surface area (Å²) in [7, 11) is 0. The molecule has 0 radical (unpaired) electrons. The number of nitrogens with one attached hydrogen (secondary N) is 1. The first-order valence-electron chi connectivity index (χ1n) is 7.22. The number of rotatable bonds is 5. The highest BCUT2D eigenvalue weighted by molar-refractivity contribution is 6.31. The molecule has 0 aliphatic rings. The molecule has 0 fully saturated rings. The number of carbonyl (C=O) groups excluding carboxylic acids is 2. The smallest absolute Gasteiger partial charge is 0.374 e. The summed E-state index contributed by atoms with van der Waals surface area (Å²) in [6.45, 7) is 1.35. The van der Waals surface area contributed by atoms with Gasteiger partial charge < -0.3 is 18.9 Å². The van der Waals surface area contributed by atoms with Crippen LogP contribution in [0.4, 0.5) is 0 Å². The number of fused-ring (bicyclic) bond motifs is 1. The molecule has 2 aromatic heterocycles. The van der Waals surface area contributed by atoms with Crippen LogP contribution in [-0.2, 0) is 9.53 Å². The monoisotopic (exact) mass is 347 g/mol. The molecular formula is C17H14ClNO5. The molecule has 1 N–H and O–H groups in total. The lowest BCUT2D eigenvalue weighted by Gasteiger charge is -2.11. The average molecular weight is 348 g/mol. The van der Waals surface area contributed by atoms with E-state index in [1.54, 1.807) is 37.3 Å². The zero-order valence-corrected chi connectivity index (χ0v) is 13.5. The molecule has 0 aliphatic carbocycles. The normalized spacial score (nSPS) is 12.1. The summed E-state index contributed by atoms with van der Waals surface area (Å²) >= 11 is 5.88. The molecule has 2 heterocycles. The van der Waals surface area contributed by atoms with Gasteiger partial charge in [-0.25, -0.2) is 4.79 Å². The standard InChI is InChI=1S/C17H14ClNO5/c1-10(13-3-2-6-22-13)19-16(20)9-23-17(21)15-8-11-7-12(18)4-5-14(11)24-15/h2-8,10H,9H2,1H3,(H,19,20)/t10-/m0/s1. The van der Waals surface area contributed by atoms with Gasteiger partial charge in [-0.2, -0.15) is 0 Å². The van der Waals surface area contributed by atoms with Gasteiger partial charge in [0.1, 0.15) is 11.3 Å². The Kier molecular flexibility index (Phi) is 4.57. The molecule has 24 heavy (non-hydrogen) atoms. The van der Waals surface area contributed by atoms with Crippen LogP contribution in [0.25, 0.3) is 11.0 Å². The van der Waals surface area contributed by atoms with Gasteiger partial charge in [0.2, 0.25) is 5.76 Å². The fourth-order valence-electron chi connectivity index (χ4n) is 2.21. The van der Waals surface area contributed by atoms with E-state index in [1.807, 2.05) is 0 Å². The summed E-state index contributed by atoms with van der Waals surface area (Å²) in [6.07, 6.45) is 1.52. The Morgan fingerprint density at radius 1 is 1.29 bits per heavy atom. The maximum atomic E-state index is 12.0. The minimum atomic E-state index is -0.719. The van der Waals surface area contributed by atoms with Gasteiger partial charge >= 0.3 is 5.97 Å². The van der Waals surface area contributed by atoms with Crippen molar-refractivity contribution in [3.05, 3.63) is 59.2 Å². The van der Waals surface area contributed by atoms with Crippen LogP contribution in [0.2, 0.25) is 5.02 Å². The molecule has 1 amide bonds. The van der Waals surface area contributed by atoms with Crippen LogP contribution >= 0.6 is 11.6 Å². The lowest BCUT2D eigenvalue weighted by Crippen LogP contribution is -2.30. The van der Waals surface area contributed by atoms with Gasteiger partial charge in [0, 0.05) is 10.4 Å². The van der Waals surface area contributed by atoms with Crippen molar-refractivity contribution in [3.8, 4) is 0 Å². The second-order valence-electron chi connectivity index (χ2n) is 5.17. The van der Waals surface area contributed by atoms with Crippen LogP contribution < -0.4 is 5.32 Å². The number of hydrogen-bond acceptors (Lipinski definition) is 5. The number of halogens is 1. The molecule has 6 nitrogen and oxygen atoms in total. The molecule has 7 heteroatoms. The van der Waals surface area contributed by atoms with E-state index in [9.17, 15) is 9.59 Å². The Labute approximate surface area is 142 Å². The lowest BCUT2D eigenvalue weighted by molar-refractivity contribution is -0.125. The molecule has 0 spiro atoms. The quantitative estimate of drug-likeness (QED) is 0.711. The number of furan rings is 2. The fourth-order valence-corrected chi connectivity index (χ4v) is 2.39. The zero-order chi connectivity index (χ0) is 17.1. The van der Waals surface area contributed by atoms with Crippen molar-refractivity contribution in [2.75, 3.05) is 6.61 Å². The maximum Gasteiger partial charge on any atom is 0.374 e. The Hall–Kier alpha value is -2.73. The van der Waals surface area contributed by atoms with Crippen molar-refractivity contribution >= 4 is 34.4 Å². The third-order valence-electron chi connectivity index (χ3n) is 3.36. The van der Waals surface area contributed by atoms with Crippen molar-refractivity contribution in [2.24, 2.45) is 0 Å². The van der Waals surface area contributed by atoms with Gasteiger partial charge in [-0.1, -0.05) is 11.6 Å². The summed E-state index contributed by atoms with van der Waals surface area (Å²) < 4.78 is 15.5. The molecule has 3 aromatic rings. The molecule has 0 aliphatic heterocycles. The Balaban J connectivity index is 1.57. The first kappa shape index (κ1) is 16.1. The largest absolute Gasteiger partial charge is 0.467 e. The van der Waals surface area contributed by atoms with E-state index < -0.39 is 18.5 Å². The van der Waals surface area contributed by atoms with Crippen LogP contribution in [0.1, 0.15) is 29.3 Å². The highest BCUT2D eigenvalue weighted by atomic mass is 35.5. The van der Waals surface area contributed by atoms with Crippen molar-refractivity contribution in [1.82, 2.24) is 5.32 Å². The number of benzene rings is 1. The lowest BCUT2D eigenvalue weighted by atomic mass is 10.2. The second kappa shape index (κ2) is 6.80. The maximum absolute atomic E-state index is 12.0. The number of amides is 1. The van der Waals surface area contributed by atoms with E-state index in [0.717, 1.165) is 0 Å². The fraction of sp³-hybridized carbons (Fsp3) is 0.176. The van der Waals surface area contributed by atoms with Gasteiger partial charge in [0.15, 0.2) is 6.61 Å². The molecule has 1 aromatic carbocycles. The van der Waals surface area contributed by atoms with E-state index in [4.69, 9.17) is 25.2 Å². The molecule has 0 saturated heterocycles. The van der Waals surface area contributed by atoms with Crippen molar-refractivity contribution in [1.29, 1.82) is 0 Å². The molecule has 0 bridgehead atoms. The summed E-state index contributed by atoms with van der Waals surface area (Å²) in [4.78, 5) is 23.8. The van der Waals surface area contributed by atoms with Gasteiger partial charge in [0.05, 0.1) is 12.3 Å². The van der Waals surface area contributed by atoms with Crippen molar-refractivity contribution in [3.63, 3.8) is 0 Å². The Morgan fingerprint density at radius 2 is 2.12 bits per heavy atom. The molecular weight excluding hydrogens is 334 g/mol. The SMILES string of the molecule is C[C@H](NC(=O)COC(=O)c1cc2cc(Cl)ccc2o1)c1ccco1. The second-order valence-corrected chi connectivity index (χ2v) is 5.61. The Bertz CT molecular complexity index is 868. The molecule has 3 rings (SSSR count). The van der Waals surface area contributed by atoms with Crippen LogP contribution in [0, 0.1) is 0 Å². The predicted molar refractivity (Wildman–Crippen MR) is 86.8 cm³/mol. The van der Waals surface area contributed by atoms with E-state index >= 15 is 0 Å². The van der Waals surface area contributed by atoms with E-state index in [2.05, 4.69) is 5.32 Å². The van der Waals surface area contributed by atoms with Crippen LogP contribution in [-0.4, -0.2) is 18.5 Å². The van der Waals surface area contributed by atoms with Gasteiger partial charge in [0.25, 0.3) is 5.91 Å². The molecule has 124 valence electrons. The molecule has 0 unspecified atom stereocenters. The summed E-state index contributed by atoms with van der Waals surface area (Å²) in [5.41, 5.74) is 0.516. The predicted octanol–water partition coefficient (Wildman–Crippen LogP) is 3.71. The van der Waals surface area contributed by atoms with E-state index in [0.29, 0.717) is 21.8 Å². The summed E-state index contributed by atoms with van der Waals surface area (Å²) in [6, 6.07) is 9.67. The van der Waals surface area contributed by atoms with Crippen LogP contribution in [0.3, 0.4) is 0 Å². The highest BCUT2D eigenvalue weighted by Gasteiger charge is 2.17. The summed E-state index contributed by atoms with van der Waals surface area (Å²) in [5.74, 6) is -0.530. The number of esters is 1. The average Bonchev–Trinajstić information content (AvgIpc) is 3.21. The topological polar surface area (TPSA) is 81.7 Å². The molecule has 1 atom stereocenters. The van der Waals surface area contributed by atoms with E-state index in [-0.39, 0.29) is 11.8 Å². The van der Waals surface area contributed by atoms with Crippen LogP contribution in [0.15, 0.2) is 51.5 Å². The highest BCUT2D eigenvalue weighted by Crippen LogP contribution is 2.23. The van der Waals surface area contributed by atoms with Crippen molar-refractivity contribution < 1.29 is 23.2 Å². The summed E-state index contributed by atoms with van der Waals surface area (Å²) in [5, 5.41) is 3.89. The zero-order valence-electron chi connectivity index (χ0n) is 12.7. The Morgan fingerprint density at radius 3 is 2.88 bits per heavy atom. The first-order chi connectivity index (χ1) is 11.5.